The Labute approximate surface area is 158 Å². The highest BCUT2D eigenvalue weighted by Crippen LogP contribution is 2.17. The van der Waals surface area contributed by atoms with Gasteiger partial charge in [0.1, 0.15) is 0 Å². The zero-order valence-electron chi connectivity index (χ0n) is 15.0. The Morgan fingerprint density at radius 2 is 1.89 bits per heavy atom. The number of sulfonamides is 1. The molecule has 0 aliphatic heterocycles. The number of rotatable bonds is 6. The van der Waals surface area contributed by atoms with Gasteiger partial charge in [-0.2, -0.15) is 10.4 Å². The first-order valence-electron chi connectivity index (χ1n) is 8.38. The molecule has 0 aliphatic rings. The number of aromatic nitrogens is 3. The second kappa shape index (κ2) is 7.70. The minimum Gasteiger partial charge on any atom is -0.237 e. The molecule has 0 amide bonds. The van der Waals surface area contributed by atoms with Crippen LogP contribution >= 0.6 is 0 Å². The standard InChI is InChI=1S/C19H19N5O2S/c1-14-18(15(2)24(23-14)19-5-3-4-11-21-19)10-12-22-27(25,26)17-8-6-16(13-20)7-9-17/h3-9,11,22H,10,12H2,1-2H3. The average Bonchev–Trinajstić information content (AvgIpc) is 2.97. The maximum absolute atomic E-state index is 12.4. The predicted octanol–water partition coefficient (Wildman–Crippen LogP) is 2.28. The summed E-state index contributed by atoms with van der Waals surface area (Å²) in [6.07, 6.45) is 2.22. The van der Waals surface area contributed by atoms with Gasteiger partial charge in [-0.1, -0.05) is 6.07 Å². The Bertz CT molecular complexity index is 1080. The first-order valence-corrected chi connectivity index (χ1v) is 9.87. The number of aryl methyl sites for hydroxylation is 1. The molecule has 3 aromatic rings. The number of hydrogen-bond donors (Lipinski definition) is 1. The molecule has 0 radical (unpaired) electrons. The van der Waals surface area contributed by atoms with E-state index in [4.69, 9.17) is 5.26 Å². The number of pyridine rings is 1. The van der Waals surface area contributed by atoms with Crippen molar-refractivity contribution in [2.75, 3.05) is 6.54 Å². The molecule has 0 bridgehead atoms. The zero-order valence-corrected chi connectivity index (χ0v) is 15.9. The molecule has 0 unspecified atom stereocenters. The quantitative estimate of drug-likeness (QED) is 0.706. The number of nitrogens with zero attached hydrogens (tertiary/aromatic N) is 4. The van der Waals surface area contributed by atoms with Gasteiger partial charge in [0.15, 0.2) is 5.82 Å². The lowest BCUT2D eigenvalue weighted by atomic mass is 10.1. The van der Waals surface area contributed by atoms with E-state index in [1.54, 1.807) is 10.9 Å². The van der Waals surface area contributed by atoms with E-state index in [2.05, 4.69) is 14.8 Å². The Balaban J connectivity index is 1.72. The summed E-state index contributed by atoms with van der Waals surface area (Å²) in [5.41, 5.74) is 3.19. The highest BCUT2D eigenvalue weighted by atomic mass is 32.2. The summed E-state index contributed by atoms with van der Waals surface area (Å²) in [6, 6.07) is 13.4. The summed E-state index contributed by atoms with van der Waals surface area (Å²) in [7, 11) is -3.63. The lowest BCUT2D eigenvalue weighted by molar-refractivity contribution is 0.581. The van der Waals surface area contributed by atoms with Crippen LogP contribution in [0.15, 0.2) is 53.6 Å². The second-order valence-corrected chi connectivity index (χ2v) is 7.80. The van der Waals surface area contributed by atoms with Crippen LogP contribution in [0.4, 0.5) is 0 Å². The molecule has 27 heavy (non-hydrogen) atoms. The van der Waals surface area contributed by atoms with Gasteiger partial charge in [-0.05, 0) is 62.2 Å². The molecule has 0 fully saturated rings. The molecule has 0 spiro atoms. The van der Waals surface area contributed by atoms with E-state index in [1.807, 2.05) is 38.1 Å². The van der Waals surface area contributed by atoms with E-state index >= 15 is 0 Å². The number of benzene rings is 1. The Morgan fingerprint density at radius 3 is 2.52 bits per heavy atom. The van der Waals surface area contributed by atoms with Crippen LogP contribution < -0.4 is 4.72 Å². The molecular formula is C19H19N5O2S. The molecule has 1 N–H and O–H groups in total. The Kier molecular flexibility index (Phi) is 5.35. The highest BCUT2D eigenvalue weighted by molar-refractivity contribution is 7.89. The zero-order chi connectivity index (χ0) is 19.4. The predicted molar refractivity (Wildman–Crippen MR) is 101 cm³/mol. The first kappa shape index (κ1) is 18.8. The van der Waals surface area contributed by atoms with Crippen LogP contribution in [-0.4, -0.2) is 29.7 Å². The number of nitrogens with one attached hydrogen (secondary N) is 1. The third-order valence-corrected chi connectivity index (χ3v) is 5.75. The molecule has 7 nitrogen and oxygen atoms in total. The Morgan fingerprint density at radius 1 is 1.15 bits per heavy atom. The number of nitriles is 1. The van der Waals surface area contributed by atoms with Crippen molar-refractivity contribution in [3.8, 4) is 11.9 Å². The molecule has 8 heteroatoms. The van der Waals surface area contributed by atoms with Gasteiger partial charge in [0.05, 0.1) is 22.2 Å². The van der Waals surface area contributed by atoms with Gasteiger partial charge in [-0.15, -0.1) is 0 Å². The van der Waals surface area contributed by atoms with Gasteiger partial charge < -0.3 is 0 Å². The fourth-order valence-electron chi connectivity index (χ4n) is 2.84. The van der Waals surface area contributed by atoms with Crippen molar-refractivity contribution in [3.05, 3.63) is 71.2 Å². The van der Waals surface area contributed by atoms with Gasteiger partial charge in [-0.25, -0.2) is 22.8 Å². The Hall–Kier alpha value is -3.02. The van der Waals surface area contributed by atoms with E-state index in [-0.39, 0.29) is 11.4 Å². The fraction of sp³-hybridized carbons (Fsp3) is 0.211. The number of hydrogen-bond acceptors (Lipinski definition) is 5. The van der Waals surface area contributed by atoms with Crippen molar-refractivity contribution < 1.29 is 8.42 Å². The van der Waals surface area contributed by atoms with Crippen LogP contribution in [0.2, 0.25) is 0 Å². The van der Waals surface area contributed by atoms with E-state index in [0.717, 1.165) is 22.8 Å². The third kappa shape index (κ3) is 4.05. The van der Waals surface area contributed by atoms with Crippen molar-refractivity contribution >= 4 is 10.0 Å². The molecule has 2 aromatic heterocycles. The average molecular weight is 381 g/mol. The molecule has 0 saturated carbocycles. The SMILES string of the molecule is Cc1nn(-c2ccccn2)c(C)c1CCNS(=O)(=O)c1ccc(C#N)cc1. The van der Waals surface area contributed by atoms with Crippen LogP contribution in [0.25, 0.3) is 5.82 Å². The summed E-state index contributed by atoms with van der Waals surface area (Å²) in [6.45, 7) is 4.09. The first-order chi connectivity index (χ1) is 12.9. The van der Waals surface area contributed by atoms with E-state index < -0.39 is 10.0 Å². The summed E-state index contributed by atoms with van der Waals surface area (Å²) >= 11 is 0. The van der Waals surface area contributed by atoms with Crippen molar-refractivity contribution in [2.45, 2.75) is 25.2 Å². The molecule has 0 aliphatic carbocycles. The molecule has 0 saturated heterocycles. The van der Waals surface area contributed by atoms with Crippen LogP contribution in [0.1, 0.15) is 22.5 Å². The van der Waals surface area contributed by atoms with Crippen molar-refractivity contribution in [2.24, 2.45) is 0 Å². The highest BCUT2D eigenvalue weighted by Gasteiger charge is 2.16. The lowest BCUT2D eigenvalue weighted by Crippen LogP contribution is -2.26. The van der Waals surface area contributed by atoms with Crippen LogP contribution in [-0.2, 0) is 16.4 Å². The minimum absolute atomic E-state index is 0.138. The fourth-order valence-corrected chi connectivity index (χ4v) is 3.87. The monoisotopic (exact) mass is 381 g/mol. The van der Waals surface area contributed by atoms with Crippen molar-refractivity contribution in [1.29, 1.82) is 5.26 Å². The summed E-state index contributed by atoms with van der Waals surface area (Å²) in [4.78, 5) is 4.44. The molecular weight excluding hydrogens is 362 g/mol. The molecule has 1 aromatic carbocycles. The van der Waals surface area contributed by atoms with Crippen LogP contribution in [0, 0.1) is 25.2 Å². The topological polar surface area (TPSA) is 101 Å². The third-order valence-electron chi connectivity index (χ3n) is 4.27. The maximum atomic E-state index is 12.4. The smallest absolute Gasteiger partial charge is 0.237 e. The molecule has 138 valence electrons. The molecule has 3 rings (SSSR count). The minimum atomic E-state index is -3.63. The molecule has 0 atom stereocenters. The van der Waals surface area contributed by atoms with Crippen molar-refractivity contribution in [3.63, 3.8) is 0 Å². The van der Waals surface area contributed by atoms with Crippen LogP contribution in [0.5, 0.6) is 0 Å². The largest absolute Gasteiger partial charge is 0.240 e. The maximum Gasteiger partial charge on any atom is 0.240 e. The van der Waals surface area contributed by atoms with E-state index in [9.17, 15) is 8.42 Å². The van der Waals surface area contributed by atoms with Gasteiger partial charge in [-0.3, -0.25) is 0 Å². The van der Waals surface area contributed by atoms with Gasteiger partial charge in [0.2, 0.25) is 10.0 Å². The van der Waals surface area contributed by atoms with E-state index in [0.29, 0.717) is 12.0 Å². The van der Waals surface area contributed by atoms with Gasteiger partial charge >= 0.3 is 0 Å². The van der Waals surface area contributed by atoms with E-state index in [1.165, 1.54) is 24.3 Å². The van der Waals surface area contributed by atoms with Gasteiger partial charge in [0, 0.05) is 18.4 Å². The second-order valence-electron chi connectivity index (χ2n) is 6.03. The summed E-state index contributed by atoms with van der Waals surface area (Å²) < 4.78 is 29.2. The summed E-state index contributed by atoms with van der Waals surface area (Å²) in [5.74, 6) is 0.725. The molecule has 2 heterocycles. The van der Waals surface area contributed by atoms with Gasteiger partial charge in [0.25, 0.3) is 0 Å². The summed E-state index contributed by atoms with van der Waals surface area (Å²) in [5, 5.41) is 13.3. The normalized spacial score (nSPS) is 11.3. The lowest BCUT2D eigenvalue weighted by Gasteiger charge is -2.08. The van der Waals surface area contributed by atoms with Crippen molar-refractivity contribution in [1.82, 2.24) is 19.5 Å². The van der Waals surface area contributed by atoms with Crippen LogP contribution in [0.3, 0.4) is 0 Å².